The maximum Gasteiger partial charge on any atom is 0.0835 e. The molecule has 0 aliphatic heterocycles. The molecule has 1 aromatic heterocycles. The highest BCUT2D eigenvalue weighted by atomic mass is 32.1. The minimum atomic E-state index is 0.351. The Hall–Kier alpha value is -0.380. The summed E-state index contributed by atoms with van der Waals surface area (Å²) in [6.45, 7) is 5.06. The highest BCUT2D eigenvalue weighted by Crippen LogP contribution is 2.38. The van der Waals surface area contributed by atoms with Crippen LogP contribution in [0.2, 0.25) is 0 Å². The number of rotatable bonds is 6. The third kappa shape index (κ3) is 3.34. The molecule has 0 aromatic carbocycles. The third-order valence-electron chi connectivity index (χ3n) is 3.76. The lowest BCUT2D eigenvalue weighted by Gasteiger charge is -2.22. The van der Waals surface area contributed by atoms with Gasteiger partial charge < -0.3 is 10.5 Å². The van der Waals surface area contributed by atoms with Crippen LogP contribution < -0.4 is 5.73 Å². The third-order valence-corrected chi connectivity index (χ3v) is 5.03. The van der Waals surface area contributed by atoms with E-state index in [4.69, 9.17) is 10.5 Å². The van der Waals surface area contributed by atoms with E-state index in [1.54, 1.807) is 4.88 Å². The maximum absolute atomic E-state index is 6.00. The first-order valence-corrected chi connectivity index (χ1v) is 8.04. The lowest BCUT2D eigenvalue weighted by Crippen LogP contribution is -2.18. The number of hydrogen-bond donors (Lipinski definition) is 1. The largest absolute Gasteiger partial charge is 0.374 e. The first-order chi connectivity index (χ1) is 8.74. The molecule has 2 nitrogen and oxygen atoms in total. The molecule has 0 fully saturated rings. The molecule has 2 atom stereocenters. The molecule has 0 saturated carbocycles. The molecule has 18 heavy (non-hydrogen) atoms. The van der Waals surface area contributed by atoms with Crippen molar-refractivity contribution in [2.75, 3.05) is 6.61 Å². The monoisotopic (exact) mass is 267 g/mol. The number of aryl methyl sites for hydroxylation is 2. The Kier molecular flexibility index (Phi) is 5.22. The fourth-order valence-electron chi connectivity index (χ4n) is 2.60. The summed E-state index contributed by atoms with van der Waals surface area (Å²) in [5.41, 5.74) is 7.46. The second kappa shape index (κ2) is 6.69. The van der Waals surface area contributed by atoms with Gasteiger partial charge in [0, 0.05) is 22.4 Å². The van der Waals surface area contributed by atoms with Crippen LogP contribution in [-0.2, 0) is 17.6 Å². The number of ether oxygens (including phenoxy) is 1. The van der Waals surface area contributed by atoms with Crippen LogP contribution in [0.4, 0.5) is 0 Å². The van der Waals surface area contributed by atoms with Crippen LogP contribution in [0.1, 0.15) is 61.0 Å². The van der Waals surface area contributed by atoms with Gasteiger partial charge in [-0.1, -0.05) is 6.92 Å². The molecule has 1 aromatic rings. The Labute approximate surface area is 115 Å². The van der Waals surface area contributed by atoms with E-state index < -0.39 is 0 Å². The minimum absolute atomic E-state index is 0.351. The van der Waals surface area contributed by atoms with Gasteiger partial charge in [0.15, 0.2) is 0 Å². The summed E-state index contributed by atoms with van der Waals surface area (Å²) in [4.78, 5) is 3.05. The molecule has 0 spiro atoms. The summed E-state index contributed by atoms with van der Waals surface area (Å²) in [6, 6.07) is 2.73. The molecule has 2 unspecified atom stereocenters. The highest BCUT2D eigenvalue weighted by Gasteiger charge is 2.23. The smallest absolute Gasteiger partial charge is 0.0835 e. The van der Waals surface area contributed by atoms with Crippen molar-refractivity contribution < 1.29 is 4.74 Å². The first kappa shape index (κ1) is 14.0. The molecule has 1 heterocycles. The quantitative estimate of drug-likeness (QED) is 0.850. The van der Waals surface area contributed by atoms with Gasteiger partial charge in [0.2, 0.25) is 0 Å². The van der Waals surface area contributed by atoms with Crippen molar-refractivity contribution in [3.8, 4) is 0 Å². The topological polar surface area (TPSA) is 35.2 Å². The number of thiophene rings is 1. The van der Waals surface area contributed by atoms with Crippen molar-refractivity contribution in [3.05, 3.63) is 21.4 Å². The zero-order valence-electron chi connectivity index (χ0n) is 11.6. The van der Waals surface area contributed by atoms with E-state index in [1.807, 2.05) is 11.3 Å². The minimum Gasteiger partial charge on any atom is -0.374 e. The molecule has 3 heteroatoms. The number of fused-ring (bicyclic) bond motifs is 1. The normalized spacial score (nSPS) is 20.7. The summed E-state index contributed by atoms with van der Waals surface area (Å²) in [5, 5.41) is 0. The molecule has 1 aliphatic rings. The fourth-order valence-corrected chi connectivity index (χ4v) is 3.88. The van der Waals surface area contributed by atoms with E-state index in [9.17, 15) is 0 Å². The van der Waals surface area contributed by atoms with Crippen molar-refractivity contribution in [2.45, 2.75) is 64.5 Å². The van der Waals surface area contributed by atoms with Gasteiger partial charge in [-0.05, 0) is 57.1 Å². The van der Waals surface area contributed by atoms with Gasteiger partial charge in [0.1, 0.15) is 0 Å². The van der Waals surface area contributed by atoms with Crippen LogP contribution in [0, 0.1) is 0 Å². The number of hydrogen-bond acceptors (Lipinski definition) is 3. The fraction of sp³-hybridized carbons (Fsp3) is 0.733. The SMILES string of the molecule is CCOC1CCCc2sc(CCC(N)CC)cc21. The molecular weight excluding hydrogens is 242 g/mol. The predicted octanol–water partition coefficient (Wildman–Crippen LogP) is 3.83. The van der Waals surface area contributed by atoms with Crippen LogP contribution in [0.25, 0.3) is 0 Å². The van der Waals surface area contributed by atoms with Gasteiger partial charge in [-0.3, -0.25) is 0 Å². The van der Waals surface area contributed by atoms with Gasteiger partial charge >= 0.3 is 0 Å². The molecule has 0 amide bonds. The van der Waals surface area contributed by atoms with Crippen molar-refractivity contribution in [3.63, 3.8) is 0 Å². The van der Waals surface area contributed by atoms with Gasteiger partial charge in [-0.15, -0.1) is 11.3 Å². The Morgan fingerprint density at radius 3 is 3.06 bits per heavy atom. The Bertz CT molecular complexity index is 375. The van der Waals surface area contributed by atoms with E-state index in [0.29, 0.717) is 12.1 Å². The zero-order valence-corrected chi connectivity index (χ0v) is 12.4. The van der Waals surface area contributed by atoms with Crippen LogP contribution in [0.15, 0.2) is 6.07 Å². The summed E-state index contributed by atoms with van der Waals surface area (Å²) in [5.74, 6) is 0. The zero-order chi connectivity index (χ0) is 13.0. The van der Waals surface area contributed by atoms with Gasteiger partial charge in [-0.25, -0.2) is 0 Å². The molecule has 0 bridgehead atoms. The Balaban J connectivity index is 2.02. The van der Waals surface area contributed by atoms with E-state index in [1.165, 1.54) is 29.7 Å². The summed E-state index contributed by atoms with van der Waals surface area (Å²) in [7, 11) is 0. The second-order valence-corrected chi connectivity index (χ2v) is 6.36. The molecule has 2 N–H and O–H groups in total. The van der Waals surface area contributed by atoms with Crippen LogP contribution in [-0.4, -0.2) is 12.6 Å². The average Bonchev–Trinajstić information content (AvgIpc) is 2.80. The standard InChI is InChI=1S/C15H25NOS/c1-3-11(16)8-9-12-10-13-14(17-4-2)6-5-7-15(13)18-12/h10-11,14H,3-9,16H2,1-2H3. The molecule has 0 saturated heterocycles. The van der Waals surface area contributed by atoms with Crippen molar-refractivity contribution >= 4 is 11.3 Å². The van der Waals surface area contributed by atoms with E-state index in [2.05, 4.69) is 19.9 Å². The van der Waals surface area contributed by atoms with Crippen molar-refractivity contribution in [1.29, 1.82) is 0 Å². The molecule has 102 valence electrons. The predicted molar refractivity (Wildman–Crippen MR) is 78.2 cm³/mol. The van der Waals surface area contributed by atoms with Gasteiger partial charge in [0.25, 0.3) is 0 Å². The lowest BCUT2D eigenvalue weighted by atomic mass is 9.95. The molecule has 0 radical (unpaired) electrons. The highest BCUT2D eigenvalue weighted by molar-refractivity contribution is 7.12. The van der Waals surface area contributed by atoms with E-state index >= 15 is 0 Å². The first-order valence-electron chi connectivity index (χ1n) is 7.23. The maximum atomic E-state index is 6.00. The Morgan fingerprint density at radius 2 is 2.33 bits per heavy atom. The van der Waals surface area contributed by atoms with Gasteiger partial charge in [0.05, 0.1) is 6.10 Å². The van der Waals surface area contributed by atoms with Crippen molar-refractivity contribution in [1.82, 2.24) is 0 Å². The lowest BCUT2D eigenvalue weighted by molar-refractivity contribution is 0.0506. The Morgan fingerprint density at radius 1 is 1.50 bits per heavy atom. The van der Waals surface area contributed by atoms with Gasteiger partial charge in [-0.2, -0.15) is 0 Å². The summed E-state index contributed by atoms with van der Waals surface area (Å²) >= 11 is 1.98. The summed E-state index contributed by atoms with van der Waals surface area (Å²) in [6.07, 6.45) is 7.36. The van der Waals surface area contributed by atoms with E-state index in [0.717, 1.165) is 25.9 Å². The van der Waals surface area contributed by atoms with Crippen LogP contribution in [0.5, 0.6) is 0 Å². The average molecular weight is 267 g/mol. The molecule has 1 aliphatic carbocycles. The molecule has 2 rings (SSSR count). The number of nitrogens with two attached hydrogens (primary N) is 1. The van der Waals surface area contributed by atoms with Crippen LogP contribution >= 0.6 is 11.3 Å². The van der Waals surface area contributed by atoms with Crippen molar-refractivity contribution in [2.24, 2.45) is 5.73 Å². The molecular formula is C15H25NOS. The second-order valence-electron chi connectivity index (χ2n) is 5.13. The summed E-state index contributed by atoms with van der Waals surface area (Å²) < 4.78 is 5.85. The van der Waals surface area contributed by atoms with Crippen LogP contribution in [0.3, 0.4) is 0 Å². The van der Waals surface area contributed by atoms with E-state index in [-0.39, 0.29) is 0 Å².